The van der Waals surface area contributed by atoms with E-state index in [9.17, 15) is 14.4 Å². The normalized spacial score (nSPS) is 14.4. The highest BCUT2D eigenvalue weighted by molar-refractivity contribution is 6.09. The first-order valence-corrected chi connectivity index (χ1v) is 8.87. The molecule has 1 aromatic heterocycles. The number of anilines is 1. The molecule has 0 unspecified atom stereocenters. The average molecular weight is 370 g/mol. The van der Waals surface area contributed by atoms with E-state index in [-0.39, 0.29) is 31.3 Å². The second kappa shape index (κ2) is 8.03. The Labute approximate surface area is 156 Å². The number of nitrogens with zero attached hydrogens (tertiary/aromatic N) is 2. The predicted molar refractivity (Wildman–Crippen MR) is 98.2 cm³/mol. The summed E-state index contributed by atoms with van der Waals surface area (Å²) in [6.07, 6.45) is 1.00. The first kappa shape index (κ1) is 18.6. The van der Waals surface area contributed by atoms with Crippen LogP contribution in [0.2, 0.25) is 0 Å². The molecule has 1 saturated heterocycles. The van der Waals surface area contributed by atoms with Gasteiger partial charge in [-0.2, -0.15) is 0 Å². The van der Waals surface area contributed by atoms with Crippen molar-refractivity contribution in [2.45, 2.75) is 33.2 Å². The van der Waals surface area contributed by atoms with Crippen LogP contribution in [-0.4, -0.2) is 29.5 Å². The lowest BCUT2D eigenvalue weighted by Crippen LogP contribution is -2.50. The van der Waals surface area contributed by atoms with Crippen molar-refractivity contribution in [3.8, 4) is 0 Å². The molecule has 27 heavy (non-hydrogen) atoms. The predicted octanol–water partition coefficient (Wildman–Crippen LogP) is 2.25. The average Bonchev–Trinajstić information content (AvgIpc) is 3.06. The molecule has 142 valence electrons. The van der Waals surface area contributed by atoms with Crippen molar-refractivity contribution < 1.29 is 18.9 Å². The second-order valence-corrected chi connectivity index (χ2v) is 6.84. The van der Waals surface area contributed by atoms with Crippen molar-refractivity contribution in [3.63, 3.8) is 0 Å². The topological polar surface area (TPSA) is 105 Å². The van der Waals surface area contributed by atoms with Crippen LogP contribution in [0.25, 0.3) is 0 Å². The van der Waals surface area contributed by atoms with Crippen LogP contribution in [0, 0.1) is 5.92 Å². The number of benzene rings is 1. The molecule has 8 nitrogen and oxygen atoms in total. The summed E-state index contributed by atoms with van der Waals surface area (Å²) in [5, 5.41) is 9.05. The molecule has 0 bridgehead atoms. The first-order valence-electron chi connectivity index (χ1n) is 8.87. The Kier molecular flexibility index (Phi) is 5.54. The van der Waals surface area contributed by atoms with Gasteiger partial charge < -0.3 is 9.84 Å². The van der Waals surface area contributed by atoms with E-state index in [1.807, 2.05) is 6.07 Å². The number of aromatic nitrogens is 1. The van der Waals surface area contributed by atoms with E-state index in [0.29, 0.717) is 22.9 Å². The fourth-order valence-electron chi connectivity index (χ4n) is 2.91. The van der Waals surface area contributed by atoms with E-state index in [1.165, 1.54) is 4.90 Å². The van der Waals surface area contributed by atoms with Crippen molar-refractivity contribution in [2.24, 2.45) is 5.92 Å². The van der Waals surface area contributed by atoms with Gasteiger partial charge in [0.2, 0.25) is 5.91 Å². The summed E-state index contributed by atoms with van der Waals surface area (Å²) in [6.45, 7) is 4.62. The molecule has 8 heteroatoms. The first-order chi connectivity index (χ1) is 12.9. The van der Waals surface area contributed by atoms with Gasteiger partial charge in [0.1, 0.15) is 0 Å². The zero-order valence-electron chi connectivity index (χ0n) is 15.3. The molecule has 1 aliphatic heterocycles. The summed E-state index contributed by atoms with van der Waals surface area (Å²) in [5.74, 6) is 0.377. The van der Waals surface area contributed by atoms with E-state index in [2.05, 4.69) is 29.6 Å². The monoisotopic (exact) mass is 370 g/mol. The lowest BCUT2D eigenvalue weighted by molar-refractivity contribution is -0.120. The summed E-state index contributed by atoms with van der Waals surface area (Å²) >= 11 is 0. The van der Waals surface area contributed by atoms with E-state index in [4.69, 9.17) is 4.52 Å². The second-order valence-electron chi connectivity index (χ2n) is 6.84. The van der Waals surface area contributed by atoms with Crippen LogP contribution in [0.1, 0.15) is 42.1 Å². The number of para-hydroxylation sites is 1. The fraction of sp³-hybridized carbons (Fsp3) is 0.368. The zero-order chi connectivity index (χ0) is 19.4. The maximum atomic E-state index is 12.6. The van der Waals surface area contributed by atoms with E-state index in [0.717, 1.165) is 12.1 Å². The number of carbonyl (C=O) groups is 3. The third-order valence-corrected chi connectivity index (χ3v) is 4.14. The van der Waals surface area contributed by atoms with Gasteiger partial charge in [-0.15, -0.1) is 0 Å². The standard InChI is InChI=1S/C19H22N4O4/c1-12(2)9-13-10-14(27-22-13)11-20-18(25)15-5-3-4-6-16(15)23-8-7-17(24)21-19(23)26/h3-6,10,12H,7-9,11H2,1-2H3,(H,20,25)(H,21,24,26). The molecule has 0 saturated carbocycles. The van der Waals surface area contributed by atoms with Crippen LogP contribution < -0.4 is 15.5 Å². The minimum absolute atomic E-state index is 0.193. The smallest absolute Gasteiger partial charge is 0.328 e. The van der Waals surface area contributed by atoms with Crippen LogP contribution in [-0.2, 0) is 17.8 Å². The van der Waals surface area contributed by atoms with Gasteiger partial charge in [-0.05, 0) is 24.5 Å². The minimum Gasteiger partial charge on any atom is -0.359 e. The molecule has 2 aromatic rings. The Morgan fingerprint density at radius 3 is 2.85 bits per heavy atom. The number of rotatable bonds is 6. The van der Waals surface area contributed by atoms with Gasteiger partial charge in [-0.1, -0.05) is 31.1 Å². The van der Waals surface area contributed by atoms with Gasteiger partial charge >= 0.3 is 6.03 Å². The number of carbonyl (C=O) groups excluding carboxylic acids is 3. The van der Waals surface area contributed by atoms with E-state index < -0.39 is 6.03 Å². The van der Waals surface area contributed by atoms with Crippen molar-refractivity contribution in [3.05, 3.63) is 47.3 Å². The summed E-state index contributed by atoms with van der Waals surface area (Å²) in [5.41, 5.74) is 1.66. The molecule has 4 amide bonds. The molecule has 0 atom stereocenters. The van der Waals surface area contributed by atoms with Crippen molar-refractivity contribution >= 4 is 23.5 Å². The van der Waals surface area contributed by atoms with E-state index >= 15 is 0 Å². The molecule has 1 aliphatic rings. The van der Waals surface area contributed by atoms with Gasteiger partial charge in [-0.3, -0.25) is 19.8 Å². The summed E-state index contributed by atoms with van der Waals surface area (Å²) < 4.78 is 5.25. The van der Waals surface area contributed by atoms with Gasteiger partial charge in [-0.25, -0.2) is 4.79 Å². The molecule has 0 radical (unpaired) electrons. The summed E-state index contributed by atoms with van der Waals surface area (Å²) in [7, 11) is 0. The molecular formula is C19H22N4O4. The largest absolute Gasteiger partial charge is 0.359 e. The quantitative estimate of drug-likeness (QED) is 0.811. The number of imide groups is 1. The fourth-order valence-corrected chi connectivity index (χ4v) is 2.91. The summed E-state index contributed by atoms with van der Waals surface area (Å²) in [4.78, 5) is 37.5. The van der Waals surface area contributed by atoms with Crippen LogP contribution in [0.15, 0.2) is 34.9 Å². The zero-order valence-corrected chi connectivity index (χ0v) is 15.3. The summed E-state index contributed by atoms with van der Waals surface area (Å²) in [6, 6.07) is 8.08. The SMILES string of the molecule is CC(C)Cc1cc(CNC(=O)c2ccccc2N2CCC(=O)NC2=O)on1. The molecule has 1 aromatic carbocycles. The third kappa shape index (κ3) is 4.52. The maximum Gasteiger partial charge on any atom is 0.328 e. The maximum absolute atomic E-state index is 12.6. The molecule has 2 N–H and O–H groups in total. The molecule has 3 rings (SSSR count). The van der Waals surface area contributed by atoms with E-state index in [1.54, 1.807) is 24.3 Å². The number of urea groups is 1. The number of nitrogens with one attached hydrogen (secondary N) is 2. The van der Waals surface area contributed by atoms with Crippen LogP contribution in [0.5, 0.6) is 0 Å². The van der Waals surface area contributed by atoms with Crippen molar-refractivity contribution in [1.29, 1.82) is 0 Å². The number of amides is 4. The Morgan fingerprint density at radius 2 is 2.11 bits per heavy atom. The van der Waals surface area contributed by atoms with Gasteiger partial charge in [0.05, 0.1) is 23.5 Å². The van der Waals surface area contributed by atoms with Crippen LogP contribution in [0.4, 0.5) is 10.5 Å². The van der Waals surface area contributed by atoms with Gasteiger partial charge in [0.25, 0.3) is 5.91 Å². The van der Waals surface area contributed by atoms with Crippen LogP contribution >= 0.6 is 0 Å². The Hall–Kier alpha value is -3.16. The van der Waals surface area contributed by atoms with Gasteiger partial charge in [0.15, 0.2) is 5.76 Å². The van der Waals surface area contributed by atoms with Crippen molar-refractivity contribution in [1.82, 2.24) is 15.8 Å². The molecular weight excluding hydrogens is 348 g/mol. The lowest BCUT2D eigenvalue weighted by Gasteiger charge is -2.28. The highest BCUT2D eigenvalue weighted by atomic mass is 16.5. The molecule has 2 heterocycles. The number of hydrogen-bond donors (Lipinski definition) is 2. The Bertz CT molecular complexity index is 859. The van der Waals surface area contributed by atoms with Crippen LogP contribution in [0.3, 0.4) is 0 Å². The minimum atomic E-state index is -0.528. The molecule has 0 aliphatic carbocycles. The number of hydrogen-bond acceptors (Lipinski definition) is 5. The third-order valence-electron chi connectivity index (χ3n) is 4.14. The highest BCUT2D eigenvalue weighted by Crippen LogP contribution is 2.22. The molecule has 1 fully saturated rings. The van der Waals surface area contributed by atoms with Gasteiger partial charge in [0, 0.05) is 19.0 Å². The Balaban J connectivity index is 1.69. The molecule has 0 spiro atoms. The Morgan fingerprint density at radius 1 is 1.33 bits per heavy atom. The van der Waals surface area contributed by atoms with Crippen molar-refractivity contribution in [2.75, 3.05) is 11.4 Å². The lowest BCUT2D eigenvalue weighted by atomic mass is 10.1. The highest BCUT2D eigenvalue weighted by Gasteiger charge is 2.27.